The highest BCUT2D eigenvalue weighted by Gasteiger charge is 2.30. The summed E-state index contributed by atoms with van der Waals surface area (Å²) in [5.41, 5.74) is 12.7. The summed E-state index contributed by atoms with van der Waals surface area (Å²) in [6.07, 6.45) is 9.69. The molecule has 0 spiro atoms. The molecule has 0 aliphatic heterocycles. The average molecular weight is 633 g/mol. The minimum Gasteiger partial charge on any atom is -0.460 e. The Labute approximate surface area is 280 Å². The van der Waals surface area contributed by atoms with Crippen LogP contribution in [-0.4, -0.2) is 9.97 Å². The van der Waals surface area contributed by atoms with E-state index in [0.29, 0.717) is 12.0 Å². The molecule has 0 saturated carbocycles. The number of aromatic nitrogens is 2. The Kier molecular flexibility index (Phi) is 5.56. The van der Waals surface area contributed by atoms with Crippen LogP contribution in [0.15, 0.2) is 135 Å². The molecule has 0 saturated heterocycles. The fraction of sp³-hybridized carbons (Fsp3) is 0.0909. The summed E-state index contributed by atoms with van der Waals surface area (Å²) in [5.74, 6) is 1.57. The normalized spacial score (nSPS) is 15.8. The van der Waals surface area contributed by atoms with E-state index in [2.05, 4.69) is 85.0 Å². The topological polar surface area (TPSA) is 65.2 Å². The molecule has 0 N–H and O–H groups in total. The molecule has 1 unspecified atom stereocenters. The Hall–Kier alpha value is -6.20. The number of allylic oxidation sites excluding steroid dienone is 2. The second kappa shape index (κ2) is 10.1. The van der Waals surface area contributed by atoms with E-state index in [9.17, 15) is 0 Å². The molecule has 5 nitrogen and oxygen atoms in total. The third-order valence-corrected chi connectivity index (χ3v) is 10.3. The number of rotatable bonds is 3. The second-order valence-corrected chi connectivity index (χ2v) is 13.2. The number of fused-ring (bicyclic) bond motifs is 10. The number of aryl methyl sites for hydroxylation is 1. The van der Waals surface area contributed by atoms with E-state index in [-0.39, 0.29) is 5.92 Å². The highest BCUT2D eigenvalue weighted by atomic mass is 16.3. The van der Waals surface area contributed by atoms with Crippen molar-refractivity contribution in [3.63, 3.8) is 0 Å². The van der Waals surface area contributed by atoms with E-state index < -0.39 is 0 Å². The van der Waals surface area contributed by atoms with Crippen LogP contribution >= 0.6 is 0 Å². The van der Waals surface area contributed by atoms with Crippen molar-refractivity contribution in [2.24, 2.45) is 0 Å². The predicted molar refractivity (Wildman–Crippen MR) is 196 cm³/mol. The van der Waals surface area contributed by atoms with Gasteiger partial charge in [0.15, 0.2) is 5.58 Å². The van der Waals surface area contributed by atoms with Crippen LogP contribution in [0.3, 0.4) is 0 Å². The zero-order chi connectivity index (χ0) is 32.1. The van der Waals surface area contributed by atoms with E-state index in [1.807, 2.05) is 42.5 Å². The van der Waals surface area contributed by atoms with Gasteiger partial charge in [0, 0.05) is 45.0 Å². The number of para-hydroxylation sites is 3. The molecule has 0 amide bonds. The van der Waals surface area contributed by atoms with E-state index >= 15 is 0 Å². The minimum atomic E-state index is -0.124. The first-order valence-corrected chi connectivity index (χ1v) is 16.9. The van der Waals surface area contributed by atoms with Gasteiger partial charge in [0.05, 0.1) is 0 Å². The van der Waals surface area contributed by atoms with Crippen molar-refractivity contribution in [3.8, 4) is 11.3 Å². The lowest BCUT2D eigenvalue weighted by Gasteiger charge is -2.22. The molecule has 4 aromatic heterocycles. The van der Waals surface area contributed by atoms with Crippen LogP contribution in [0, 0.1) is 0 Å². The molecule has 5 aromatic carbocycles. The molecule has 2 aliphatic carbocycles. The number of furan rings is 3. The minimum absolute atomic E-state index is 0.124. The third-order valence-electron chi connectivity index (χ3n) is 10.3. The molecule has 2 aliphatic rings. The summed E-state index contributed by atoms with van der Waals surface area (Å²) in [5, 5.41) is 4.28. The van der Waals surface area contributed by atoms with Gasteiger partial charge in [-0.2, -0.15) is 0 Å². The Morgan fingerprint density at radius 1 is 0.612 bits per heavy atom. The third kappa shape index (κ3) is 4.05. The highest BCUT2D eigenvalue weighted by molar-refractivity contribution is 6.09. The van der Waals surface area contributed by atoms with Gasteiger partial charge in [-0.1, -0.05) is 85.0 Å². The summed E-state index contributed by atoms with van der Waals surface area (Å²) in [6.45, 7) is 0. The number of hydrogen-bond donors (Lipinski definition) is 0. The Morgan fingerprint density at radius 2 is 1.35 bits per heavy atom. The Morgan fingerprint density at radius 3 is 2.22 bits per heavy atom. The van der Waals surface area contributed by atoms with Gasteiger partial charge >= 0.3 is 0 Å². The average Bonchev–Trinajstić information content (AvgIpc) is 3.84. The molecule has 9 aromatic rings. The van der Waals surface area contributed by atoms with Crippen LogP contribution in [0.5, 0.6) is 0 Å². The maximum absolute atomic E-state index is 6.60. The zero-order valence-electron chi connectivity index (χ0n) is 26.4. The van der Waals surface area contributed by atoms with Crippen LogP contribution < -0.4 is 0 Å². The first-order chi connectivity index (χ1) is 24.2. The summed E-state index contributed by atoms with van der Waals surface area (Å²) >= 11 is 0. The van der Waals surface area contributed by atoms with Crippen LogP contribution in [-0.2, 0) is 12.8 Å². The summed E-state index contributed by atoms with van der Waals surface area (Å²) in [6, 6.07) is 37.8. The SMILES string of the molecule is C1=Cc2cc(C3=CC(c4nc(-c5ccc6c(c5)oc5ccccc56)c5oc6ccccc6c5n4)Cc4oc5ccccc5c43)ccc2CC1. The monoisotopic (exact) mass is 632 g/mol. The lowest BCUT2D eigenvalue weighted by Crippen LogP contribution is -2.12. The summed E-state index contributed by atoms with van der Waals surface area (Å²) < 4.78 is 19.4. The van der Waals surface area contributed by atoms with Gasteiger partial charge in [-0.15, -0.1) is 0 Å². The van der Waals surface area contributed by atoms with Gasteiger partial charge in [0.1, 0.15) is 45.1 Å². The maximum Gasteiger partial charge on any atom is 0.180 e. The molecular weight excluding hydrogens is 604 g/mol. The summed E-state index contributed by atoms with van der Waals surface area (Å²) in [7, 11) is 0. The molecular formula is C44H28N2O3. The first-order valence-electron chi connectivity index (χ1n) is 16.9. The number of nitrogens with zero attached hydrogens (tertiary/aromatic N) is 2. The molecule has 0 fully saturated rings. The van der Waals surface area contributed by atoms with Crippen molar-refractivity contribution in [3.05, 3.63) is 155 Å². The number of hydrogen-bond acceptors (Lipinski definition) is 5. The molecule has 232 valence electrons. The predicted octanol–water partition coefficient (Wildman–Crippen LogP) is 11.4. The van der Waals surface area contributed by atoms with Gasteiger partial charge in [-0.05, 0) is 77.6 Å². The molecule has 11 rings (SSSR count). The largest absolute Gasteiger partial charge is 0.460 e. The van der Waals surface area contributed by atoms with Crippen LogP contribution in [0.1, 0.15) is 46.2 Å². The molecule has 5 heteroatoms. The van der Waals surface area contributed by atoms with Crippen LogP contribution in [0.25, 0.3) is 77.9 Å². The van der Waals surface area contributed by atoms with Gasteiger partial charge in [-0.3, -0.25) is 0 Å². The van der Waals surface area contributed by atoms with E-state index in [1.54, 1.807) is 0 Å². The standard InChI is InChI=1S/C44H28N2O3/c1-2-10-26-21-27(18-17-25(26)9-1)34-22-29(24-39-40(34)32-12-4-7-15-36(32)48-39)44-45-41(43-42(46-44)33-13-5-8-16-37(33)49-43)28-19-20-31-30-11-3-6-14-35(30)47-38(31)23-28/h2-8,10-23,29H,1,9,24H2. The van der Waals surface area contributed by atoms with E-state index in [4.69, 9.17) is 23.2 Å². The molecule has 4 heterocycles. The maximum atomic E-state index is 6.60. The molecule has 0 bridgehead atoms. The van der Waals surface area contributed by atoms with Gasteiger partial charge in [0.25, 0.3) is 0 Å². The zero-order valence-corrected chi connectivity index (χ0v) is 26.4. The van der Waals surface area contributed by atoms with Gasteiger partial charge in [-0.25, -0.2) is 9.97 Å². The highest BCUT2D eigenvalue weighted by Crippen LogP contribution is 2.45. The van der Waals surface area contributed by atoms with Crippen molar-refractivity contribution in [1.82, 2.24) is 9.97 Å². The second-order valence-electron chi connectivity index (χ2n) is 13.2. The van der Waals surface area contributed by atoms with Gasteiger partial charge in [0.2, 0.25) is 0 Å². The van der Waals surface area contributed by atoms with Crippen molar-refractivity contribution in [2.75, 3.05) is 0 Å². The first kappa shape index (κ1) is 26.8. The Bertz CT molecular complexity index is 2880. The van der Waals surface area contributed by atoms with Crippen molar-refractivity contribution in [1.29, 1.82) is 0 Å². The van der Waals surface area contributed by atoms with E-state index in [1.165, 1.54) is 16.7 Å². The quantitative estimate of drug-likeness (QED) is 0.194. The van der Waals surface area contributed by atoms with Crippen LogP contribution in [0.2, 0.25) is 0 Å². The molecule has 49 heavy (non-hydrogen) atoms. The molecule has 0 radical (unpaired) electrons. The smallest absolute Gasteiger partial charge is 0.180 e. The lowest BCUT2D eigenvalue weighted by molar-refractivity contribution is 0.526. The van der Waals surface area contributed by atoms with E-state index in [0.717, 1.165) is 96.2 Å². The fourth-order valence-corrected chi connectivity index (χ4v) is 7.92. The van der Waals surface area contributed by atoms with Crippen molar-refractivity contribution in [2.45, 2.75) is 25.2 Å². The summed E-state index contributed by atoms with van der Waals surface area (Å²) in [4.78, 5) is 10.6. The van der Waals surface area contributed by atoms with Crippen molar-refractivity contribution >= 4 is 66.6 Å². The lowest BCUT2D eigenvalue weighted by atomic mass is 9.82. The van der Waals surface area contributed by atoms with Crippen LogP contribution in [0.4, 0.5) is 0 Å². The fourth-order valence-electron chi connectivity index (χ4n) is 7.92. The van der Waals surface area contributed by atoms with Crippen molar-refractivity contribution < 1.29 is 13.3 Å². The van der Waals surface area contributed by atoms with Gasteiger partial charge < -0.3 is 13.3 Å². The number of benzene rings is 5. The molecule has 1 atom stereocenters. The Balaban J connectivity index is 1.14.